The zero-order valence-electron chi connectivity index (χ0n) is 10.8. The third-order valence-electron chi connectivity index (χ3n) is 3.21. The first-order valence-electron chi connectivity index (χ1n) is 6.21. The van der Waals surface area contributed by atoms with Gasteiger partial charge in [0.05, 0.1) is 0 Å². The van der Waals surface area contributed by atoms with Gasteiger partial charge in [0.25, 0.3) is 0 Å². The van der Waals surface area contributed by atoms with Crippen LogP contribution in [-0.4, -0.2) is 62.7 Å². The highest BCUT2D eigenvalue weighted by Gasteiger charge is 2.22. The molecule has 3 nitrogen and oxygen atoms in total. The van der Waals surface area contributed by atoms with E-state index in [0.717, 1.165) is 25.7 Å². The van der Waals surface area contributed by atoms with Crippen LogP contribution in [0.15, 0.2) is 0 Å². The second-order valence-corrected chi connectivity index (χ2v) is 5.03. The molecule has 0 bridgehead atoms. The van der Waals surface area contributed by atoms with Crippen LogP contribution in [0.2, 0.25) is 0 Å². The maximum Gasteiger partial charge on any atom is 0.0215 e. The molecule has 90 valence electrons. The quantitative estimate of drug-likeness (QED) is 0.649. The Bertz CT molecular complexity index is 166. The van der Waals surface area contributed by atoms with E-state index in [4.69, 9.17) is 0 Å². The van der Waals surface area contributed by atoms with Gasteiger partial charge in [0.15, 0.2) is 0 Å². The molecule has 0 aliphatic heterocycles. The molecule has 1 aliphatic rings. The van der Waals surface area contributed by atoms with Crippen molar-refractivity contribution in [2.45, 2.75) is 38.3 Å². The second-order valence-electron chi connectivity index (χ2n) is 5.03. The fourth-order valence-corrected chi connectivity index (χ4v) is 1.74. The summed E-state index contributed by atoms with van der Waals surface area (Å²) < 4.78 is 0. The number of nitrogens with zero attached hydrogens (tertiary/aromatic N) is 2. The summed E-state index contributed by atoms with van der Waals surface area (Å²) in [6.45, 7) is 5.75. The van der Waals surface area contributed by atoms with Crippen molar-refractivity contribution in [2.24, 2.45) is 0 Å². The lowest BCUT2D eigenvalue weighted by molar-refractivity contribution is 0.207. The fourth-order valence-electron chi connectivity index (χ4n) is 1.74. The summed E-state index contributed by atoms with van der Waals surface area (Å²) in [7, 11) is 6.51. The SMILES string of the molecule is CCC(CNC1CC1)N(C)CCN(C)C. The Morgan fingerprint density at radius 1 is 1.20 bits per heavy atom. The highest BCUT2D eigenvalue weighted by Crippen LogP contribution is 2.18. The van der Waals surface area contributed by atoms with Crippen LogP contribution in [0.4, 0.5) is 0 Å². The minimum Gasteiger partial charge on any atom is -0.312 e. The van der Waals surface area contributed by atoms with Crippen LogP contribution in [0, 0.1) is 0 Å². The van der Waals surface area contributed by atoms with E-state index in [-0.39, 0.29) is 0 Å². The van der Waals surface area contributed by atoms with Gasteiger partial charge in [-0.1, -0.05) is 6.92 Å². The van der Waals surface area contributed by atoms with Crippen LogP contribution in [0.1, 0.15) is 26.2 Å². The second kappa shape index (κ2) is 6.46. The van der Waals surface area contributed by atoms with Gasteiger partial charge in [0, 0.05) is 31.7 Å². The van der Waals surface area contributed by atoms with Crippen LogP contribution in [0.5, 0.6) is 0 Å². The van der Waals surface area contributed by atoms with E-state index in [2.05, 4.69) is 43.2 Å². The number of likely N-dealkylation sites (N-methyl/N-ethyl adjacent to an activating group) is 2. The normalized spacial score (nSPS) is 18.8. The highest BCUT2D eigenvalue weighted by atomic mass is 15.2. The average Bonchev–Trinajstić information content (AvgIpc) is 2.99. The summed E-state index contributed by atoms with van der Waals surface area (Å²) in [6, 6.07) is 1.53. The van der Waals surface area contributed by atoms with Crippen molar-refractivity contribution in [3.63, 3.8) is 0 Å². The lowest BCUT2D eigenvalue weighted by Crippen LogP contribution is -2.42. The predicted molar refractivity (Wildman–Crippen MR) is 66.3 cm³/mol. The Labute approximate surface area is 94.8 Å². The molecule has 0 saturated heterocycles. The van der Waals surface area contributed by atoms with Gasteiger partial charge in [-0.05, 0) is 40.4 Å². The standard InChI is InChI=1S/C12H27N3/c1-5-12(10-13-11-6-7-11)15(4)9-8-14(2)3/h11-13H,5-10H2,1-4H3. The zero-order valence-corrected chi connectivity index (χ0v) is 10.8. The molecule has 1 saturated carbocycles. The summed E-state index contributed by atoms with van der Waals surface area (Å²) in [5.41, 5.74) is 0. The van der Waals surface area contributed by atoms with Gasteiger partial charge < -0.3 is 15.1 Å². The molecule has 15 heavy (non-hydrogen) atoms. The van der Waals surface area contributed by atoms with E-state index in [9.17, 15) is 0 Å². The van der Waals surface area contributed by atoms with Gasteiger partial charge in [-0.15, -0.1) is 0 Å². The molecule has 1 fully saturated rings. The molecule has 0 aromatic heterocycles. The van der Waals surface area contributed by atoms with Gasteiger partial charge in [-0.2, -0.15) is 0 Å². The topological polar surface area (TPSA) is 18.5 Å². The molecule has 0 aromatic rings. The van der Waals surface area contributed by atoms with Crippen molar-refractivity contribution < 1.29 is 0 Å². The van der Waals surface area contributed by atoms with E-state index in [1.54, 1.807) is 0 Å². The summed E-state index contributed by atoms with van der Waals surface area (Å²) in [6.07, 6.45) is 4.01. The molecule has 1 aliphatic carbocycles. The molecule has 1 rings (SSSR count). The molecule has 1 atom stereocenters. The Balaban J connectivity index is 2.15. The molecular weight excluding hydrogens is 186 g/mol. The average molecular weight is 213 g/mol. The summed E-state index contributed by atoms with van der Waals surface area (Å²) in [5, 5.41) is 3.62. The van der Waals surface area contributed by atoms with Gasteiger partial charge in [-0.25, -0.2) is 0 Å². The minimum atomic E-state index is 0.700. The van der Waals surface area contributed by atoms with Crippen molar-refractivity contribution in [3.8, 4) is 0 Å². The van der Waals surface area contributed by atoms with Crippen molar-refractivity contribution in [3.05, 3.63) is 0 Å². The van der Waals surface area contributed by atoms with Crippen LogP contribution in [0.25, 0.3) is 0 Å². The van der Waals surface area contributed by atoms with Crippen molar-refractivity contribution in [1.29, 1.82) is 0 Å². The first-order valence-corrected chi connectivity index (χ1v) is 6.21. The van der Waals surface area contributed by atoms with Gasteiger partial charge in [0.1, 0.15) is 0 Å². The van der Waals surface area contributed by atoms with E-state index in [1.807, 2.05) is 0 Å². The van der Waals surface area contributed by atoms with Crippen LogP contribution in [-0.2, 0) is 0 Å². The Morgan fingerprint density at radius 2 is 1.87 bits per heavy atom. The summed E-state index contributed by atoms with van der Waals surface area (Å²) in [4.78, 5) is 4.73. The largest absolute Gasteiger partial charge is 0.312 e. The lowest BCUT2D eigenvalue weighted by Gasteiger charge is -2.28. The van der Waals surface area contributed by atoms with Gasteiger partial charge >= 0.3 is 0 Å². The maximum atomic E-state index is 3.62. The third kappa shape index (κ3) is 5.50. The maximum absolute atomic E-state index is 3.62. The molecule has 3 heteroatoms. The van der Waals surface area contributed by atoms with Crippen LogP contribution in [0.3, 0.4) is 0 Å². The van der Waals surface area contributed by atoms with E-state index in [1.165, 1.54) is 19.3 Å². The van der Waals surface area contributed by atoms with Gasteiger partial charge in [0.2, 0.25) is 0 Å². The number of hydrogen-bond donors (Lipinski definition) is 1. The molecule has 0 spiro atoms. The van der Waals surface area contributed by atoms with Crippen molar-refractivity contribution in [1.82, 2.24) is 15.1 Å². The van der Waals surface area contributed by atoms with Gasteiger partial charge in [-0.3, -0.25) is 0 Å². The molecular formula is C12H27N3. The Morgan fingerprint density at radius 3 is 2.33 bits per heavy atom. The fraction of sp³-hybridized carbons (Fsp3) is 1.00. The molecule has 0 heterocycles. The number of rotatable bonds is 8. The molecule has 1 unspecified atom stereocenters. The smallest absolute Gasteiger partial charge is 0.0215 e. The van der Waals surface area contributed by atoms with Crippen LogP contribution < -0.4 is 5.32 Å². The molecule has 0 radical (unpaired) electrons. The summed E-state index contributed by atoms with van der Waals surface area (Å²) >= 11 is 0. The van der Waals surface area contributed by atoms with Crippen molar-refractivity contribution in [2.75, 3.05) is 40.8 Å². The van der Waals surface area contributed by atoms with Crippen LogP contribution >= 0.6 is 0 Å². The summed E-state index contributed by atoms with van der Waals surface area (Å²) in [5.74, 6) is 0. The number of hydrogen-bond acceptors (Lipinski definition) is 3. The van der Waals surface area contributed by atoms with E-state index >= 15 is 0 Å². The monoisotopic (exact) mass is 213 g/mol. The van der Waals surface area contributed by atoms with E-state index in [0.29, 0.717) is 6.04 Å². The molecule has 1 N–H and O–H groups in total. The predicted octanol–water partition coefficient (Wildman–Crippen LogP) is 1.01. The Hall–Kier alpha value is -0.120. The molecule has 0 amide bonds. The highest BCUT2D eigenvalue weighted by molar-refractivity contribution is 4.83. The minimum absolute atomic E-state index is 0.700. The lowest BCUT2D eigenvalue weighted by atomic mass is 10.2. The third-order valence-corrected chi connectivity index (χ3v) is 3.21. The van der Waals surface area contributed by atoms with E-state index < -0.39 is 0 Å². The molecule has 0 aromatic carbocycles. The van der Waals surface area contributed by atoms with Crippen molar-refractivity contribution >= 4 is 0 Å². The first kappa shape index (κ1) is 12.9. The zero-order chi connectivity index (χ0) is 11.3. The Kier molecular flexibility index (Phi) is 5.58. The first-order chi connectivity index (χ1) is 7.13. The number of nitrogens with one attached hydrogen (secondary N) is 1.